The van der Waals surface area contributed by atoms with Crippen LogP contribution in [0.25, 0.3) is 93.7 Å². The minimum atomic E-state index is 0.634. The third-order valence-electron chi connectivity index (χ3n) is 9.77. The molecule has 0 amide bonds. The van der Waals surface area contributed by atoms with Crippen LogP contribution in [0.3, 0.4) is 0 Å². The molecule has 0 atom stereocenters. The average Bonchev–Trinajstić information content (AvgIpc) is 3.57. The second kappa shape index (κ2) is 11.1. The van der Waals surface area contributed by atoms with E-state index in [2.05, 4.69) is 133 Å². The number of furan rings is 1. The van der Waals surface area contributed by atoms with E-state index in [4.69, 9.17) is 19.4 Å². The van der Waals surface area contributed by atoms with Crippen molar-refractivity contribution in [3.63, 3.8) is 0 Å². The summed E-state index contributed by atoms with van der Waals surface area (Å²) < 4.78 is 6.54. The van der Waals surface area contributed by atoms with Crippen molar-refractivity contribution in [1.82, 2.24) is 15.0 Å². The van der Waals surface area contributed by atoms with Crippen LogP contribution in [0.15, 0.2) is 156 Å². The van der Waals surface area contributed by atoms with Gasteiger partial charge in [-0.15, -0.1) is 0 Å². The SMILES string of the molecule is C1=CCCC(c2nc(-c3cc4ccccc4c4ccccc34)nc(-c3cccc4oc5cccc(-c6ccc7ccccc7c6)c5c34)n2)=C1. The second-order valence-corrected chi connectivity index (χ2v) is 12.7. The Balaban J connectivity index is 1.26. The van der Waals surface area contributed by atoms with Crippen LogP contribution in [-0.2, 0) is 0 Å². The molecule has 230 valence electrons. The molecule has 0 unspecified atom stereocenters. The molecule has 0 radical (unpaired) electrons. The largest absolute Gasteiger partial charge is 0.456 e. The normalized spacial score (nSPS) is 13.2. The molecule has 0 fully saturated rings. The summed E-state index contributed by atoms with van der Waals surface area (Å²) in [4.78, 5) is 15.7. The van der Waals surface area contributed by atoms with Crippen LogP contribution in [0.5, 0.6) is 0 Å². The monoisotopic (exact) mass is 627 g/mol. The Morgan fingerprint density at radius 2 is 1.12 bits per heavy atom. The lowest BCUT2D eigenvalue weighted by Crippen LogP contribution is -2.04. The quantitative estimate of drug-likeness (QED) is 0.182. The summed E-state index contributed by atoms with van der Waals surface area (Å²) >= 11 is 0. The van der Waals surface area contributed by atoms with Gasteiger partial charge in [0, 0.05) is 21.9 Å². The van der Waals surface area contributed by atoms with E-state index in [0.717, 1.165) is 73.4 Å². The minimum absolute atomic E-state index is 0.634. The van der Waals surface area contributed by atoms with E-state index in [0.29, 0.717) is 17.5 Å². The molecule has 0 aliphatic heterocycles. The van der Waals surface area contributed by atoms with Gasteiger partial charge in [-0.1, -0.05) is 127 Å². The van der Waals surface area contributed by atoms with Gasteiger partial charge in [-0.3, -0.25) is 0 Å². The van der Waals surface area contributed by atoms with Crippen molar-refractivity contribution < 1.29 is 4.42 Å². The molecule has 49 heavy (non-hydrogen) atoms. The molecule has 1 aliphatic carbocycles. The van der Waals surface area contributed by atoms with Crippen molar-refractivity contribution in [2.75, 3.05) is 0 Å². The first kappa shape index (κ1) is 27.7. The Hall–Kier alpha value is -6.39. The predicted octanol–water partition coefficient (Wildman–Crippen LogP) is 12.0. The van der Waals surface area contributed by atoms with Gasteiger partial charge in [-0.05, 0) is 86.1 Å². The van der Waals surface area contributed by atoms with E-state index in [9.17, 15) is 0 Å². The van der Waals surface area contributed by atoms with Crippen LogP contribution in [0.4, 0.5) is 0 Å². The zero-order valence-electron chi connectivity index (χ0n) is 26.6. The fourth-order valence-corrected chi connectivity index (χ4v) is 7.44. The first-order chi connectivity index (χ1) is 24.3. The Bertz CT molecular complexity index is 2840. The lowest BCUT2D eigenvalue weighted by atomic mass is 9.95. The van der Waals surface area contributed by atoms with E-state index < -0.39 is 0 Å². The molecule has 2 heterocycles. The number of aromatic nitrogens is 3. The minimum Gasteiger partial charge on any atom is -0.456 e. The van der Waals surface area contributed by atoms with Crippen LogP contribution in [0.2, 0.25) is 0 Å². The lowest BCUT2D eigenvalue weighted by Gasteiger charge is -2.14. The van der Waals surface area contributed by atoms with Gasteiger partial charge in [-0.25, -0.2) is 15.0 Å². The molecule has 0 saturated heterocycles. The van der Waals surface area contributed by atoms with Crippen LogP contribution in [-0.4, -0.2) is 15.0 Å². The van der Waals surface area contributed by atoms with Crippen LogP contribution >= 0.6 is 0 Å². The smallest absolute Gasteiger partial charge is 0.164 e. The van der Waals surface area contributed by atoms with Crippen molar-refractivity contribution in [1.29, 1.82) is 0 Å². The second-order valence-electron chi connectivity index (χ2n) is 12.7. The maximum Gasteiger partial charge on any atom is 0.164 e. The number of hydrogen-bond donors (Lipinski definition) is 0. The first-order valence-electron chi connectivity index (χ1n) is 16.8. The molecule has 0 saturated carbocycles. The molecule has 4 nitrogen and oxygen atoms in total. The van der Waals surface area contributed by atoms with E-state index in [1.165, 1.54) is 21.5 Å². The summed E-state index contributed by atoms with van der Waals surface area (Å²) in [5.74, 6) is 2.01. The summed E-state index contributed by atoms with van der Waals surface area (Å²) in [6.07, 6.45) is 8.26. The Morgan fingerprint density at radius 1 is 0.469 bits per heavy atom. The fraction of sp³-hybridized carbons (Fsp3) is 0.0444. The molecule has 4 heteroatoms. The third kappa shape index (κ3) is 4.56. The molecule has 0 N–H and O–H groups in total. The molecule has 1 aliphatic rings. The molecule has 0 spiro atoms. The molecule has 10 rings (SSSR count). The van der Waals surface area contributed by atoms with E-state index in [1.807, 2.05) is 18.2 Å². The standard InChI is InChI=1S/C45H29N3O/c1-2-13-29(14-3-1)43-46-44(48-45(47-43)38-27-31-16-6-7-17-33(31)35-18-8-9-19-36(35)38)37-21-11-23-40-42(37)41-34(20-10-22-39(41)49-40)32-25-24-28-12-4-5-15-30(28)26-32/h1-2,4-13,15-27H,3,14H2. The van der Waals surface area contributed by atoms with Crippen molar-refractivity contribution in [2.24, 2.45) is 0 Å². The molecule has 0 bridgehead atoms. The summed E-state index contributed by atoms with van der Waals surface area (Å²) in [5, 5.41) is 9.15. The lowest BCUT2D eigenvalue weighted by molar-refractivity contribution is 0.669. The van der Waals surface area contributed by atoms with Gasteiger partial charge < -0.3 is 4.42 Å². The Morgan fingerprint density at radius 3 is 1.92 bits per heavy atom. The van der Waals surface area contributed by atoms with Crippen LogP contribution in [0.1, 0.15) is 18.7 Å². The van der Waals surface area contributed by atoms with Gasteiger partial charge in [0.2, 0.25) is 0 Å². The Kier molecular flexibility index (Phi) is 6.28. The van der Waals surface area contributed by atoms with E-state index in [1.54, 1.807) is 0 Å². The molecular formula is C45H29N3O. The molecule has 2 aromatic heterocycles. The van der Waals surface area contributed by atoms with Crippen molar-refractivity contribution in [2.45, 2.75) is 12.8 Å². The highest BCUT2D eigenvalue weighted by molar-refractivity contribution is 6.18. The van der Waals surface area contributed by atoms with Crippen molar-refractivity contribution in [3.8, 4) is 33.9 Å². The predicted molar refractivity (Wildman–Crippen MR) is 202 cm³/mol. The first-order valence-corrected chi connectivity index (χ1v) is 16.8. The Labute approximate surface area is 282 Å². The average molecular weight is 628 g/mol. The van der Waals surface area contributed by atoms with Crippen molar-refractivity contribution in [3.05, 3.63) is 158 Å². The molecule has 7 aromatic carbocycles. The number of fused-ring (bicyclic) bond motifs is 7. The number of benzene rings is 7. The topological polar surface area (TPSA) is 51.8 Å². The van der Waals surface area contributed by atoms with Gasteiger partial charge in [0.05, 0.1) is 0 Å². The highest BCUT2D eigenvalue weighted by atomic mass is 16.3. The van der Waals surface area contributed by atoms with E-state index >= 15 is 0 Å². The van der Waals surface area contributed by atoms with Gasteiger partial charge >= 0.3 is 0 Å². The maximum absolute atomic E-state index is 6.54. The van der Waals surface area contributed by atoms with Crippen LogP contribution < -0.4 is 0 Å². The number of nitrogens with zero attached hydrogens (tertiary/aromatic N) is 3. The van der Waals surface area contributed by atoms with E-state index in [-0.39, 0.29) is 0 Å². The summed E-state index contributed by atoms with van der Waals surface area (Å²) in [7, 11) is 0. The zero-order chi connectivity index (χ0) is 32.3. The van der Waals surface area contributed by atoms with Gasteiger partial charge in [-0.2, -0.15) is 0 Å². The fourth-order valence-electron chi connectivity index (χ4n) is 7.44. The maximum atomic E-state index is 6.54. The zero-order valence-corrected chi connectivity index (χ0v) is 26.6. The van der Waals surface area contributed by atoms with Gasteiger partial charge in [0.15, 0.2) is 17.5 Å². The highest BCUT2D eigenvalue weighted by Gasteiger charge is 2.21. The summed E-state index contributed by atoms with van der Waals surface area (Å²) in [5.41, 5.74) is 6.92. The third-order valence-corrected chi connectivity index (χ3v) is 9.77. The van der Waals surface area contributed by atoms with Crippen molar-refractivity contribution >= 4 is 59.8 Å². The highest BCUT2D eigenvalue weighted by Crippen LogP contribution is 2.42. The van der Waals surface area contributed by atoms with Gasteiger partial charge in [0.1, 0.15) is 11.2 Å². The molecular weight excluding hydrogens is 599 g/mol. The van der Waals surface area contributed by atoms with Gasteiger partial charge in [0.25, 0.3) is 0 Å². The number of rotatable bonds is 4. The number of hydrogen-bond acceptors (Lipinski definition) is 4. The van der Waals surface area contributed by atoms with Crippen LogP contribution in [0, 0.1) is 0 Å². The summed E-state index contributed by atoms with van der Waals surface area (Å²) in [6.45, 7) is 0. The summed E-state index contributed by atoms with van der Waals surface area (Å²) in [6, 6.07) is 46.9. The number of allylic oxidation sites excluding steroid dienone is 4. The molecule has 9 aromatic rings.